The fourth-order valence-electron chi connectivity index (χ4n) is 3.93. The average Bonchev–Trinajstić information content (AvgIpc) is 3.33. The van der Waals surface area contributed by atoms with E-state index in [0.717, 1.165) is 5.69 Å². The third kappa shape index (κ3) is 4.15. The Morgan fingerprint density at radius 1 is 1.06 bits per heavy atom. The van der Waals surface area contributed by atoms with Gasteiger partial charge in [-0.15, -0.1) is 4.40 Å². The van der Waals surface area contributed by atoms with E-state index in [1.165, 1.54) is 18.2 Å². The summed E-state index contributed by atoms with van der Waals surface area (Å²) in [6.45, 7) is 0.205. The molecule has 2 aliphatic heterocycles. The number of carbonyl (C=O) groups is 2. The number of hydrogen-bond donors (Lipinski definition) is 1. The van der Waals surface area contributed by atoms with Crippen LogP contribution in [0.4, 0.5) is 11.4 Å². The van der Waals surface area contributed by atoms with Crippen LogP contribution >= 0.6 is 11.6 Å². The normalized spacial score (nSPS) is 18.4. The molecule has 0 aromatic heterocycles. The molecule has 2 aliphatic rings. The highest BCUT2D eigenvalue weighted by atomic mass is 35.5. The van der Waals surface area contributed by atoms with Crippen molar-refractivity contribution in [3.05, 3.63) is 83.4 Å². The highest BCUT2D eigenvalue weighted by Gasteiger charge is 2.37. The summed E-state index contributed by atoms with van der Waals surface area (Å²) in [6.07, 6.45) is 0.0302. The highest BCUT2D eigenvalue weighted by molar-refractivity contribution is 7.90. The van der Waals surface area contributed by atoms with E-state index in [1.807, 2.05) is 18.2 Å². The Morgan fingerprint density at radius 2 is 1.79 bits per heavy atom. The van der Waals surface area contributed by atoms with E-state index in [-0.39, 0.29) is 41.0 Å². The number of hydrogen-bond acceptors (Lipinski definition) is 6. The number of esters is 1. The zero-order chi connectivity index (χ0) is 23.9. The fraction of sp³-hybridized carbons (Fsp3) is 0.125. The van der Waals surface area contributed by atoms with Crippen molar-refractivity contribution in [2.75, 3.05) is 16.8 Å². The summed E-state index contributed by atoms with van der Waals surface area (Å²) in [6, 6.07) is 20.1. The maximum absolute atomic E-state index is 12.9. The number of fused-ring (bicyclic) bond motifs is 1. The van der Waals surface area contributed by atoms with Crippen molar-refractivity contribution < 1.29 is 22.7 Å². The first-order valence-corrected chi connectivity index (χ1v) is 12.2. The van der Waals surface area contributed by atoms with E-state index in [0.29, 0.717) is 10.6 Å². The molecule has 34 heavy (non-hydrogen) atoms. The van der Waals surface area contributed by atoms with Crippen LogP contribution < -0.4 is 15.0 Å². The van der Waals surface area contributed by atoms with Crippen LogP contribution in [0.1, 0.15) is 12.0 Å². The van der Waals surface area contributed by atoms with Crippen LogP contribution in [-0.2, 0) is 19.6 Å². The predicted octanol–water partition coefficient (Wildman–Crippen LogP) is 3.86. The summed E-state index contributed by atoms with van der Waals surface area (Å²) in [7, 11) is -3.83. The second-order valence-electron chi connectivity index (χ2n) is 7.84. The molecule has 0 saturated carbocycles. The molecule has 1 saturated heterocycles. The van der Waals surface area contributed by atoms with Gasteiger partial charge in [-0.25, -0.2) is 0 Å². The van der Waals surface area contributed by atoms with Crippen LogP contribution in [0, 0.1) is 5.92 Å². The molecule has 3 aromatic carbocycles. The third-order valence-electron chi connectivity index (χ3n) is 5.56. The van der Waals surface area contributed by atoms with E-state index < -0.39 is 21.9 Å². The van der Waals surface area contributed by atoms with Crippen molar-refractivity contribution in [2.45, 2.75) is 11.3 Å². The molecule has 1 fully saturated rings. The Bertz CT molecular complexity index is 1440. The number of para-hydroxylation sites is 1. The summed E-state index contributed by atoms with van der Waals surface area (Å²) in [4.78, 5) is 27.0. The Kier molecular flexibility index (Phi) is 5.59. The van der Waals surface area contributed by atoms with Crippen LogP contribution in [0.2, 0.25) is 5.02 Å². The van der Waals surface area contributed by atoms with Crippen LogP contribution in [0.5, 0.6) is 5.75 Å². The molecular formula is C24H18ClN3O5S. The monoisotopic (exact) mass is 495 g/mol. The molecule has 10 heteroatoms. The molecule has 172 valence electrons. The summed E-state index contributed by atoms with van der Waals surface area (Å²) >= 11 is 6.14. The maximum atomic E-state index is 12.9. The lowest BCUT2D eigenvalue weighted by Gasteiger charge is -2.17. The van der Waals surface area contributed by atoms with E-state index >= 15 is 0 Å². The third-order valence-corrected chi connectivity index (χ3v) is 7.13. The Balaban J connectivity index is 1.37. The number of nitrogens with one attached hydrogen (secondary N) is 1. The number of sulfonamides is 1. The van der Waals surface area contributed by atoms with Crippen molar-refractivity contribution in [3.63, 3.8) is 0 Å². The molecule has 3 aromatic rings. The largest absolute Gasteiger partial charge is 0.424 e. The molecule has 0 unspecified atom stereocenters. The summed E-state index contributed by atoms with van der Waals surface area (Å²) in [5.41, 5.74) is 1.39. The Hall–Kier alpha value is -3.69. The van der Waals surface area contributed by atoms with E-state index in [4.69, 9.17) is 16.3 Å². The number of amides is 1. The van der Waals surface area contributed by atoms with Gasteiger partial charge in [0.1, 0.15) is 4.90 Å². The molecule has 1 N–H and O–H groups in total. The first-order chi connectivity index (χ1) is 16.3. The fourth-order valence-corrected chi connectivity index (χ4v) is 5.27. The number of benzene rings is 3. The van der Waals surface area contributed by atoms with Gasteiger partial charge in [-0.1, -0.05) is 41.9 Å². The minimum atomic E-state index is -3.83. The van der Waals surface area contributed by atoms with Crippen molar-refractivity contribution >= 4 is 50.7 Å². The number of anilines is 2. The van der Waals surface area contributed by atoms with Gasteiger partial charge in [0.2, 0.25) is 5.91 Å². The van der Waals surface area contributed by atoms with Gasteiger partial charge in [-0.05, 0) is 42.5 Å². The minimum absolute atomic E-state index is 0.0302. The number of amidine groups is 1. The average molecular weight is 496 g/mol. The number of ether oxygens (including phenoxy) is 1. The summed E-state index contributed by atoms with van der Waals surface area (Å²) in [5.74, 6) is -1.14. The molecule has 5 rings (SSSR count). The predicted molar refractivity (Wildman–Crippen MR) is 128 cm³/mol. The molecule has 0 spiro atoms. The molecule has 8 nitrogen and oxygen atoms in total. The first kappa shape index (κ1) is 22.1. The van der Waals surface area contributed by atoms with Gasteiger partial charge in [0.25, 0.3) is 10.0 Å². The molecule has 0 bridgehead atoms. The molecule has 1 atom stereocenters. The smallest absolute Gasteiger partial charge is 0.316 e. The lowest BCUT2D eigenvalue weighted by molar-refractivity contribution is -0.139. The molecule has 2 heterocycles. The van der Waals surface area contributed by atoms with Gasteiger partial charge in [0.05, 0.1) is 11.6 Å². The quantitative estimate of drug-likeness (QED) is 0.435. The van der Waals surface area contributed by atoms with Crippen LogP contribution in [0.3, 0.4) is 0 Å². The second-order valence-corrected chi connectivity index (χ2v) is 9.85. The summed E-state index contributed by atoms with van der Waals surface area (Å²) in [5, 5.41) is 3.28. The molecule has 1 amide bonds. The van der Waals surface area contributed by atoms with Gasteiger partial charge in [0.15, 0.2) is 11.6 Å². The number of nitrogens with zero attached hydrogens (tertiary/aromatic N) is 2. The van der Waals surface area contributed by atoms with E-state index in [2.05, 4.69) is 9.71 Å². The van der Waals surface area contributed by atoms with Crippen molar-refractivity contribution in [3.8, 4) is 5.75 Å². The van der Waals surface area contributed by atoms with Crippen molar-refractivity contribution in [1.82, 2.24) is 0 Å². The second kappa shape index (κ2) is 8.58. The maximum Gasteiger partial charge on any atom is 0.316 e. The molecular weight excluding hydrogens is 478 g/mol. The first-order valence-electron chi connectivity index (χ1n) is 10.4. The standard InChI is InChI=1S/C24H18ClN3O5S/c25-16-10-11-20(19(13-16)26-23-18-8-4-5-9-21(18)34(31,32)27-23)33-24(30)15-12-22(29)28(14-15)17-6-2-1-3-7-17/h1-11,13,15H,12,14H2,(H,26,27)/t15-/m1/s1. The SMILES string of the molecule is O=C(Oc1ccc(Cl)cc1NC1=NS(=O)(=O)c2ccccc21)[C@@H]1CC(=O)N(c2ccccc2)C1. The van der Waals surface area contributed by atoms with Crippen LogP contribution in [0.15, 0.2) is 82.1 Å². The van der Waals surface area contributed by atoms with Crippen molar-refractivity contribution in [2.24, 2.45) is 10.3 Å². The van der Waals surface area contributed by atoms with Gasteiger partial charge < -0.3 is 15.0 Å². The topological polar surface area (TPSA) is 105 Å². The lowest BCUT2D eigenvalue weighted by atomic mass is 10.1. The van der Waals surface area contributed by atoms with Crippen LogP contribution in [0.25, 0.3) is 0 Å². The number of carbonyl (C=O) groups excluding carboxylic acids is 2. The number of halogens is 1. The van der Waals surface area contributed by atoms with Gasteiger partial charge in [-0.3, -0.25) is 9.59 Å². The van der Waals surface area contributed by atoms with Gasteiger partial charge in [-0.2, -0.15) is 8.42 Å². The van der Waals surface area contributed by atoms with Crippen molar-refractivity contribution in [1.29, 1.82) is 0 Å². The number of rotatable bonds is 4. The van der Waals surface area contributed by atoms with Gasteiger partial charge >= 0.3 is 5.97 Å². The minimum Gasteiger partial charge on any atom is -0.424 e. The van der Waals surface area contributed by atoms with Crippen LogP contribution in [-0.4, -0.2) is 32.7 Å². The zero-order valence-electron chi connectivity index (χ0n) is 17.6. The van der Waals surface area contributed by atoms with E-state index in [1.54, 1.807) is 41.3 Å². The molecule has 0 radical (unpaired) electrons. The van der Waals surface area contributed by atoms with Gasteiger partial charge in [0, 0.05) is 29.2 Å². The lowest BCUT2D eigenvalue weighted by Crippen LogP contribution is -2.27. The summed E-state index contributed by atoms with van der Waals surface area (Å²) < 4.78 is 34.2. The van der Waals surface area contributed by atoms with E-state index in [9.17, 15) is 18.0 Å². The Morgan fingerprint density at radius 3 is 2.59 bits per heavy atom. The Labute approximate surface area is 200 Å². The zero-order valence-corrected chi connectivity index (χ0v) is 19.2. The molecule has 0 aliphatic carbocycles. The highest BCUT2D eigenvalue weighted by Crippen LogP contribution is 2.33.